The Labute approximate surface area is 75.5 Å². The molecule has 0 aromatic rings. The van der Waals surface area contributed by atoms with E-state index >= 15 is 0 Å². The number of sulfonamides is 1. The summed E-state index contributed by atoms with van der Waals surface area (Å²) in [6.45, 7) is 0.912. The molecule has 1 aliphatic heterocycles. The fourth-order valence-corrected chi connectivity index (χ4v) is 2.32. The SMILES string of the molecule is O=S(=O)(CC(F)F)N1CCOCC1. The molecule has 1 aliphatic rings. The van der Waals surface area contributed by atoms with Crippen LogP contribution in [0.25, 0.3) is 0 Å². The van der Waals surface area contributed by atoms with Crippen molar-refractivity contribution >= 4 is 10.0 Å². The largest absolute Gasteiger partial charge is 0.379 e. The maximum Gasteiger partial charge on any atom is 0.253 e. The first-order valence-corrected chi connectivity index (χ1v) is 5.47. The molecule has 0 aliphatic carbocycles. The molecule has 0 amide bonds. The molecule has 13 heavy (non-hydrogen) atoms. The molecule has 7 heteroatoms. The van der Waals surface area contributed by atoms with Crippen LogP contribution in [0.5, 0.6) is 0 Å². The van der Waals surface area contributed by atoms with Gasteiger partial charge in [0.1, 0.15) is 5.75 Å². The van der Waals surface area contributed by atoms with Gasteiger partial charge in [-0.15, -0.1) is 0 Å². The number of hydrogen-bond acceptors (Lipinski definition) is 3. The first kappa shape index (κ1) is 10.8. The van der Waals surface area contributed by atoms with Crippen LogP contribution in [-0.2, 0) is 14.8 Å². The number of halogens is 2. The van der Waals surface area contributed by atoms with E-state index in [1.807, 2.05) is 0 Å². The van der Waals surface area contributed by atoms with Crippen molar-refractivity contribution in [2.45, 2.75) is 6.43 Å². The van der Waals surface area contributed by atoms with Crippen molar-refractivity contribution < 1.29 is 21.9 Å². The van der Waals surface area contributed by atoms with Gasteiger partial charge in [0.05, 0.1) is 13.2 Å². The Morgan fingerprint density at radius 1 is 1.31 bits per heavy atom. The molecule has 4 nitrogen and oxygen atoms in total. The average molecular weight is 215 g/mol. The zero-order chi connectivity index (χ0) is 9.90. The molecule has 1 rings (SSSR count). The van der Waals surface area contributed by atoms with Gasteiger partial charge in [-0.1, -0.05) is 0 Å². The molecule has 1 saturated heterocycles. The lowest BCUT2D eigenvalue weighted by Gasteiger charge is -2.25. The van der Waals surface area contributed by atoms with Crippen LogP contribution in [0, 0.1) is 0 Å². The summed E-state index contributed by atoms with van der Waals surface area (Å²) in [5.41, 5.74) is 0. The Kier molecular flexibility index (Phi) is 3.57. The van der Waals surface area contributed by atoms with Crippen molar-refractivity contribution in [2.24, 2.45) is 0 Å². The van der Waals surface area contributed by atoms with Gasteiger partial charge in [-0.05, 0) is 0 Å². The van der Waals surface area contributed by atoms with Gasteiger partial charge in [0.15, 0.2) is 0 Å². The van der Waals surface area contributed by atoms with Crippen LogP contribution in [0.4, 0.5) is 8.78 Å². The summed E-state index contributed by atoms with van der Waals surface area (Å²) in [5.74, 6) is -1.09. The second kappa shape index (κ2) is 4.30. The lowest BCUT2D eigenvalue weighted by molar-refractivity contribution is 0.0719. The summed E-state index contributed by atoms with van der Waals surface area (Å²) < 4.78 is 52.0. The summed E-state index contributed by atoms with van der Waals surface area (Å²) >= 11 is 0. The molecule has 0 atom stereocenters. The molecule has 1 heterocycles. The molecule has 0 unspecified atom stereocenters. The van der Waals surface area contributed by atoms with Crippen molar-refractivity contribution in [2.75, 3.05) is 32.1 Å². The highest BCUT2D eigenvalue weighted by Gasteiger charge is 2.27. The highest BCUT2D eigenvalue weighted by molar-refractivity contribution is 7.89. The summed E-state index contributed by atoms with van der Waals surface area (Å²) in [7, 11) is -3.78. The van der Waals surface area contributed by atoms with Crippen molar-refractivity contribution in [1.29, 1.82) is 0 Å². The van der Waals surface area contributed by atoms with E-state index in [0.29, 0.717) is 0 Å². The van der Waals surface area contributed by atoms with Gasteiger partial charge >= 0.3 is 0 Å². The predicted molar refractivity (Wildman–Crippen MR) is 42.2 cm³/mol. The monoisotopic (exact) mass is 215 g/mol. The first-order valence-electron chi connectivity index (χ1n) is 3.86. The highest BCUT2D eigenvalue weighted by atomic mass is 32.2. The lowest BCUT2D eigenvalue weighted by Crippen LogP contribution is -2.42. The molecule has 78 valence electrons. The Morgan fingerprint density at radius 3 is 2.31 bits per heavy atom. The van der Waals surface area contributed by atoms with E-state index in [-0.39, 0.29) is 26.3 Å². The minimum atomic E-state index is -3.78. The fourth-order valence-electron chi connectivity index (χ4n) is 1.09. The molecule has 0 aromatic heterocycles. The van der Waals surface area contributed by atoms with Crippen LogP contribution in [0.2, 0.25) is 0 Å². The Hall–Kier alpha value is -0.270. The van der Waals surface area contributed by atoms with Crippen LogP contribution in [-0.4, -0.2) is 51.2 Å². The van der Waals surface area contributed by atoms with Gasteiger partial charge in [-0.25, -0.2) is 17.2 Å². The predicted octanol–water partition coefficient (Wildman–Crippen LogP) is -0.0865. The third-order valence-corrected chi connectivity index (χ3v) is 3.53. The molecule has 0 bridgehead atoms. The molecule has 0 radical (unpaired) electrons. The normalized spacial score (nSPS) is 20.8. The molecule has 0 saturated carbocycles. The smallest absolute Gasteiger partial charge is 0.253 e. The van der Waals surface area contributed by atoms with Gasteiger partial charge in [0.25, 0.3) is 6.43 Å². The Balaban J connectivity index is 2.57. The van der Waals surface area contributed by atoms with E-state index in [1.54, 1.807) is 0 Å². The average Bonchev–Trinajstić information content (AvgIpc) is 2.04. The van der Waals surface area contributed by atoms with Gasteiger partial charge in [0.2, 0.25) is 10.0 Å². The Bertz CT molecular complexity index is 249. The quantitative estimate of drug-likeness (QED) is 0.661. The zero-order valence-corrected chi connectivity index (χ0v) is 7.77. The van der Waals surface area contributed by atoms with E-state index in [2.05, 4.69) is 0 Å². The number of morpholine rings is 1. The number of alkyl halides is 2. The third-order valence-electron chi connectivity index (χ3n) is 1.70. The highest BCUT2D eigenvalue weighted by Crippen LogP contribution is 2.08. The molecular weight excluding hydrogens is 204 g/mol. The van der Waals surface area contributed by atoms with Crippen molar-refractivity contribution in [3.8, 4) is 0 Å². The number of nitrogens with zero attached hydrogens (tertiary/aromatic N) is 1. The van der Waals surface area contributed by atoms with Gasteiger partial charge in [0, 0.05) is 13.1 Å². The maximum absolute atomic E-state index is 11.8. The number of ether oxygens (including phenoxy) is 1. The summed E-state index contributed by atoms with van der Waals surface area (Å²) in [5, 5.41) is 0. The van der Waals surface area contributed by atoms with Gasteiger partial charge in [-0.3, -0.25) is 0 Å². The maximum atomic E-state index is 11.8. The number of hydrogen-bond donors (Lipinski definition) is 0. The van der Waals surface area contributed by atoms with Crippen LogP contribution in [0.1, 0.15) is 0 Å². The third kappa shape index (κ3) is 3.17. The van der Waals surface area contributed by atoms with Crippen molar-refractivity contribution in [1.82, 2.24) is 4.31 Å². The molecule has 0 N–H and O–H groups in total. The van der Waals surface area contributed by atoms with Crippen LogP contribution >= 0.6 is 0 Å². The second-order valence-corrected chi connectivity index (χ2v) is 4.69. The molecule has 0 aromatic carbocycles. The lowest BCUT2D eigenvalue weighted by atomic mass is 10.5. The first-order chi connectivity index (χ1) is 6.02. The summed E-state index contributed by atoms with van der Waals surface area (Å²) in [6.07, 6.45) is -2.81. The number of rotatable bonds is 3. The minimum absolute atomic E-state index is 0.176. The van der Waals surface area contributed by atoms with Crippen molar-refractivity contribution in [3.05, 3.63) is 0 Å². The van der Waals surface area contributed by atoms with E-state index in [0.717, 1.165) is 4.31 Å². The molecular formula is C6H11F2NO3S. The zero-order valence-electron chi connectivity index (χ0n) is 6.95. The minimum Gasteiger partial charge on any atom is -0.379 e. The Morgan fingerprint density at radius 2 is 1.85 bits per heavy atom. The summed E-state index contributed by atoms with van der Waals surface area (Å²) in [4.78, 5) is 0. The van der Waals surface area contributed by atoms with Crippen LogP contribution in [0.3, 0.4) is 0 Å². The molecule has 1 fully saturated rings. The summed E-state index contributed by atoms with van der Waals surface area (Å²) in [6, 6.07) is 0. The van der Waals surface area contributed by atoms with Crippen molar-refractivity contribution in [3.63, 3.8) is 0 Å². The molecule has 0 spiro atoms. The van der Waals surface area contributed by atoms with Gasteiger partial charge < -0.3 is 4.74 Å². The van der Waals surface area contributed by atoms with Crippen LogP contribution < -0.4 is 0 Å². The van der Waals surface area contributed by atoms with E-state index in [4.69, 9.17) is 4.74 Å². The van der Waals surface area contributed by atoms with E-state index in [9.17, 15) is 17.2 Å². The fraction of sp³-hybridized carbons (Fsp3) is 1.00. The van der Waals surface area contributed by atoms with E-state index in [1.165, 1.54) is 0 Å². The van der Waals surface area contributed by atoms with Crippen LogP contribution in [0.15, 0.2) is 0 Å². The second-order valence-electron chi connectivity index (χ2n) is 2.68. The standard InChI is InChI=1S/C6H11F2NO3S/c7-6(8)5-13(10,11)9-1-3-12-4-2-9/h6H,1-5H2. The van der Waals surface area contributed by atoms with E-state index < -0.39 is 22.2 Å². The van der Waals surface area contributed by atoms with Gasteiger partial charge in [-0.2, -0.15) is 4.31 Å². The topological polar surface area (TPSA) is 46.6 Å².